The first-order valence-corrected chi connectivity index (χ1v) is 7.88. The minimum atomic E-state index is -0.159. The number of halogens is 2. The molecule has 0 heterocycles. The molecule has 1 unspecified atom stereocenters. The largest absolute Gasteiger partial charge is 0.207 e. The van der Waals surface area contributed by atoms with Gasteiger partial charge in [0, 0.05) is 0 Å². The molecular weight excluding hydrogens is 327 g/mol. The van der Waals surface area contributed by atoms with E-state index < -0.39 is 0 Å². The van der Waals surface area contributed by atoms with E-state index in [9.17, 15) is 4.39 Å². The van der Waals surface area contributed by atoms with Crippen LogP contribution >= 0.6 is 15.9 Å². The molecule has 0 amide bonds. The van der Waals surface area contributed by atoms with Crippen molar-refractivity contribution in [1.29, 1.82) is 0 Å². The first-order valence-electron chi connectivity index (χ1n) is 6.96. The normalized spacial score (nSPS) is 12.6. The van der Waals surface area contributed by atoms with Gasteiger partial charge in [-0.05, 0) is 52.9 Å². The van der Waals surface area contributed by atoms with Crippen molar-refractivity contribution in [3.8, 4) is 0 Å². The van der Waals surface area contributed by atoms with Gasteiger partial charge in [0.1, 0.15) is 5.82 Å². The molecule has 0 bridgehead atoms. The summed E-state index contributed by atoms with van der Waals surface area (Å²) in [6.07, 6.45) is 0. The molecule has 21 heavy (non-hydrogen) atoms. The molecular formula is C19H16BrF. The van der Waals surface area contributed by atoms with E-state index in [-0.39, 0.29) is 10.6 Å². The highest BCUT2D eigenvalue weighted by atomic mass is 79.9. The van der Waals surface area contributed by atoms with Crippen molar-refractivity contribution >= 4 is 26.7 Å². The Balaban J connectivity index is 2.15. The molecule has 0 N–H and O–H groups in total. The van der Waals surface area contributed by atoms with Gasteiger partial charge in [0.15, 0.2) is 0 Å². The predicted molar refractivity (Wildman–Crippen MR) is 90.6 cm³/mol. The predicted octanol–water partition coefficient (Wildman–Crippen LogP) is 6.08. The molecule has 0 saturated heterocycles. The molecule has 0 saturated carbocycles. The van der Waals surface area contributed by atoms with Crippen LogP contribution in [0.2, 0.25) is 0 Å². The number of hydrogen-bond acceptors (Lipinski definition) is 0. The first kappa shape index (κ1) is 14.3. The second kappa shape index (κ2) is 5.61. The number of benzene rings is 3. The fourth-order valence-corrected chi connectivity index (χ4v) is 3.32. The third-order valence-electron chi connectivity index (χ3n) is 3.94. The van der Waals surface area contributed by atoms with Crippen molar-refractivity contribution in [3.05, 3.63) is 82.7 Å². The van der Waals surface area contributed by atoms with Gasteiger partial charge in [-0.3, -0.25) is 0 Å². The summed E-state index contributed by atoms with van der Waals surface area (Å²) in [5, 5.41) is 2.45. The topological polar surface area (TPSA) is 0 Å². The Bertz CT molecular complexity index is 808. The molecule has 3 aromatic rings. The second-order valence-corrected chi connectivity index (χ2v) is 6.30. The Morgan fingerprint density at radius 2 is 1.52 bits per heavy atom. The molecule has 3 aromatic carbocycles. The van der Waals surface area contributed by atoms with Gasteiger partial charge >= 0.3 is 0 Å². The van der Waals surface area contributed by atoms with E-state index in [4.69, 9.17) is 0 Å². The van der Waals surface area contributed by atoms with Gasteiger partial charge in [0.25, 0.3) is 0 Å². The fraction of sp³-hybridized carbons (Fsp3) is 0.158. The zero-order valence-electron chi connectivity index (χ0n) is 12.0. The number of fused-ring (bicyclic) bond motifs is 1. The maximum absolute atomic E-state index is 13.8. The summed E-state index contributed by atoms with van der Waals surface area (Å²) in [7, 11) is 0. The van der Waals surface area contributed by atoms with Gasteiger partial charge in [0.2, 0.25) is 0 Å². The fourth-order valence-electron chi connectivity index (χ4n) is 2.64. The molecule has 0 aliphatic carbocycles. The Kier molecular flexibility index (Phi) is 3.81. The van der Waals surface area contributed by atoms with Gasteiger partial charge in [-0.15, -0.1) is 0 Å². The monoisotopic (exact) mass is 342 g/mol. The van der Waals surface area contributed by atoms with Crippen LogP contribution in [-0.2, 0) is 0 Å². The average Bonchev–Trinajstić information content (AvgIpc) is 2.50. The quantitative estimate of drug-likeness (QED) is 0.495. The third kappa shape index (κ3) is 2.60. The van der Waals surface area contributed by atoms with Crippen molar-refractivity contribution in [2.24, 2.45) is 0 Å². The number of aryl methyl sites for hydroxylation is 2. The van der Waals surface area contributed by atoms with Crippen LogP contribution in [0.4, 0.5) is 4.39 Å². The standard InChI is InChI=1S/C19H16BrF/c1-12-8-10-17(16-6-4-3-5-15(12)16)19(20)14-9-7-13(2)18(21)11-14/h3-11,19H,1-2H3. The maximum atomic E-state index is 13.8. The number of alkyl halides is 1. The lowest BCUT2D eigenvalue weighted by Gasteiger charge is -2.15. The number of hydrogen-bond donors (Lipinski definition) is 0. The SMILES string of the molecule is Cc1ccc(C(Br)c2ccc(C)c3ccccc23)cc1F. The molecule has 2 heteroatoms. The molecule has 0 fully saturated rings. The molecule has 0 aromatic heterocycles. The summed E-state index contributed by atoms with van der Waals surface area (Å²) < 4.78 is 13.8. The van der Waals surface area contributed by atoms with Crippen LogP contribution in [-0.4, -0.2) is 0 Å². The van der Waals surface area contributed by atoms with E-state index in [1.54, 1.807) is 13.0 Å². The highest BCUT2D eigenvalue weighted by molar-refractivity contribution is 9.09. The van der Waals surface area contributed by atoms with E-state index in [0.717, 1.165) is 5.56 Å². The van der Waals surface area contributed by atoms with E-state index in [1.165, 1.54) is 21.9 Å². The number of rotatable bonds is 2. The molecule has 0 radical (unpaired) electrons. The summed E-state index contributed by atoms with van der Waals surface area (Å²) in [6.45, 7) is 3.89. The summed E-state index contributed by atoms with van der Waals surface area (Å²) in [6, 6.07) is 18.0. The van der Waals surface area contributed by atoms with E-state index in [2.05, 4.69) is 47.1 Å². The van der Waals surface area contributed by atoms with E-state index >= 15 is 0 Å². The van der Waals surface area contributed by atoms with Crippen LogP contribution in [0.1, 0.15) is 27.1 Å². The molecule has 0 nitrogen and oxygen atoms in total. The smallest absolute Gasteiger partial charge is 0.126 e. The van der Waals surface area contributed by atoms with Crippen LogP contribution in [0, 0.1) is 19.7 Å². The van der Waals surface area contributed by atoms with Crippen LogP contribution < -0.4 is 0 Å². The molecule has 0 spiro atoms. The van der Waals surface area contributed by atoms with Gasteiger partial charge < -0.3 is 0 Å². The van der Waals surface area contributed by atoms with Gasteiger partial charge in [-0.2, -0.15) is 0 Å². The zero-order valence-corrected chi connectivity index (χ0v) is 13.6. The Hall–Kier alpha value is -1.67. The van der Waals surface area contributed by atoms with Crippen molar-refractivity contribution in [2.45, 2.75) is 18.7 Å². The van der Waals surface area contributed by atoms with Crippen molar-refractivity contribution in [2.75, 3.05) is 0 Å². The first-order chi connectivity index (χ1) is 10.1. The van der Waals surface area contributed by atoms with Crippen LogP contribution in [0.5, 0.6) is 0 Å². The van der Waals surface area contributed by atoms with Crippen molar-refractivity contribution < 1.29 is 4.39 Å². The van der Waals surface area contributed by atoms with Gasteiger partial charge in [0.05, 0.1) is 4.83 Å². The zero-order chi connectivity index (χ0) is 15.0. The van der Waals surface area contributed by atoms with Crippen LogP contribution in [0.25, 0.3) is 10.8 Å². The van der Waals surface area contributed by atoms with E-state index in [0.29, 0.717) is 5.56 Å². The molecule has 0 aliphatic rings. The van der Waals surface area contributed by atoms with E-state index in [1.807, 2.05) is 24.3 Å². The lowest BCUT2D eigenvalue weighted by Crippen LogP contribution is -1.97. The minimum Gasteiger partial charge on any atom is -0.207 e. The maximum Gasteiger partial charge on any atom is 0.126 e. The summed E-state index contributed by atoms with van der Waals surface area (Å²) in [5.41, 5.74) is 4.03. The minimum absolute atomic E-state index is 0.0156. The molecule has 106 valence electrons. The van der Waals surface area contributed by atoms with Crippen LogP contribution in [0.3, 0.4) is 0 Å². The molecule has 0 aliphatic heterocycles. The van der Waals surface area contributed by atoms with Gasteiger partial charge in [-0.1, -0.05) is 64.5 Å². The Morgan fingerprint density at radius 3 is 2.24 bits per heavy atom. The van der Waals surface area contributed by atoms with Gasteiger partial charge in [-0.25, -0.2) is 4.39 Å². The highest BCUT2D eigenvalue weighted by Gasteiger charge is 2.15. The third-order valence-corrected chi connectivity index (χ3v) is 4.96. The summed E-state index contributed by atoms with van der Waals surface area (Å²) in [4.78, 5) is -0.0156. The molecule has 1 atom stereocenters. The Labute approximate surface area is 132 Å². The summed E-state index contributed by atoms with van der Waals surface area (Å²) >= 11 is 3.73. The molecule has 3 rings (SSSR count). The lowest BCUT2D eigenvalue weighted by atomic mass is 9.95. The average molecular weight is 343 g/mol. The highest BCUT2D eigenvalue weighted by Crippen LogP contribution is 2.36. The summed E-state index contributed by atoms with van der Waals surface area (Å²) in [5.74, 6) is -0.159. The van der Waals surface area contributed by atoms with Crippen LogP contribution in [0.15, 0.2) is 54.6 Å². The lowest BCUT2D eigenvalue weighted by molar-refractivity contribution is 0.616. The van der Waals surface area contributed by atoms with Crippen molar-refractivity contribution in [1.82, 2.24) is 0 Å². The second-order valence-electron chi connectivity index (χ2n) is 5.39. The van der Waals surface area contributed by atoms with Crippen molar-refractivity contribution in [3.63, 3.8) is 0 Å². The Morgan fingerprint density at radius 1 is 0.857 bits per heavy atom.